The molecule has 32 heavy (non-hydrogen) atoms. The molecule has 0 radical (unpaired) electrons. The maximum absolute atomic E-state index is 13.7. The number of fused-ring (bicyclic) bond motifs is 1. The van der Waals surface area contributed by atoms with Gasteiger partial charge in [-0.2, -0.15) is 5.10 Å². The Labute approximate surface area is 189 Å². The van der Waals surface area contributed by atoms with E-state index in [2.05, 4.69) is 72.8 Å². The Kier molecular flexibility index (Phi) is 5.38. The van der Waals surface area contributed by atoms with Gasteiger partial charge in [0, 0.05) is 25.0 Å². The van der Waals surface area contributed by atoms with Crippen molar-refractivity contribution in [3.63, 3.8) is 0 Å². The number of hydrogen-bond donors (Lipinski definition) is 1. The van der Waals surface area contributed by atoms with Crippen LogP contribution < -0.4 is 5.32 Å². The van der Waals surface area contributed by atoms with Crippen LogP contribution in [0.4, 0.5) is 5.82 Å². The number of hydrogen-bond acceptors (Lipinski definition) is 4. The van der Waals surface area contributed by atoms with Crippen molar-refractivity contribution in [3.05, 3.63) is 83.6 Å². The van der Waals surface area contributed by atoms with Gasteiger partial charge in [0.15, 0.2) is 5.78 Å². The molecule has 1 aromatic heterocycles. The van der Waals surface area contributed by atoms with E-state index in [1.54, 1.807) is 6.20 Å². The molecule has 1 fully saturated rings. The molecule has 1 saturated heterocycles. The van der Waals surface area contributed by atoms with Gasteiger partial charge in [0.2, 0.25) is 0 Å². The minimum Gasteiger partial charge on any atom is -0.381 e. The predicted molar refractivity (Wildman–Crippen MR) is 126 cm³/mol. The smallest absolute Gasteiger partial charge is 0.169 e. The molecular weight excluding hydrogens is 398 g/mol. The Morgan fingerprint density at radius 2 is 1.72 bits per heavy atom. The Balaban J connectivity index is 1.47. The lowest BCUT2D eigenvalue weighted by Gasteiger charge is -2.39. The molecule has 1 atom stereocenters. The van der Waals surface area contributed by atoms with Gasteiger partial charge in [0.25, 0.3) is 0 Å². The van der Waals surface area contributed by atoms with E-state index in [9.17, 15) is 4.79 Å². The largest absolute Gasteiger partial charge is 0.381 e. The van der Waals surface area contributed by atoms with Crippen molar-refractivity contribution in [2.24, 2.45) is 0 Å². The maximum Gasteiger partial charge on any atom is 0.169 e. The highest BCUT2D eigenvalue weighted by Gasteiger charge is 2.40. The molecule has 0 spiro atoms. The van der Waals surface area contributed by atoms with E-state index in [1.165, 1.54) is 11.1 Å². The molecule has 166 valence electrons. The highest BCUT2D eigenvalue weighted by molar-refractivity contribution is 6.01. The number of benzene rings is 2. The number of nitrogens with one attached hydrogen (secondary N) is 1. The van der Waals surface area contributed by atoms with Crippen LogP contribution in [-0.2, 0) is 15.7 Å². The van der Waals surface area contributed by atoms with Crippen molar-refractivity contribution >= 4 is 11.6 Å². The number of ketones is 1. The molecule has 5 heteroatoms. The van der Waals surface area contributed by atoms with Crippen LogP contribution in [0.5, 0.6) is 0 Å². The van der Waals surface area contributed by atoms with Gasteiger partial charge in [0.05, 0.1) is 23.3 Å². The second-order valence-electron chi connectivity index (χ2n) is 9.80. The lowest BCUT2D eigenvalue weighted by Crippen LogP contribution is -2.39. The van der Waals surface area contributed by atoms with Crippen LogP contribution in [0.25, 0.3) is 0 Å². The minimum absolute atomic E-state index is 0.146. The van der Waals surface area contributed by atoms with E-state index in [4.69, 9.17) is 4.74 Å². The predicted octanol–water partition coefficient (Wildman–Crippen LogP) is 5.50. The van der Waals surface area contributed by atoms with Crippen LogP contribution in [0.1, 0.15) is 67.1 Å². The molecule has 0 aliphatic carbocycles. The Bertz CT molecular complexity index is 1080. The van der Waals surface area contributed by atoms with Crippen molar-refractivity contribution < 1.29 is 9.53 Å². The fourth-order valence-corrected chi connectivity index (χ4v) is 5.36. The van der Waals surface area contributed by atoms with Crippen LogP contribution in [0, 0.1) is 0 Å². The number of carbonyl (C=O) groups excluding carboxylic acids is 1. The monoisotopic (exact) mass is 429 g/mol. The lowest BCUT2D eigenvalue weighted by molar-refractivity contribution is 0.0449. The third kappa shape index (κ3) is 3.75. The van der Waals surface area contributed by atoms with E-state index in [1.807, 2.05) is 16.8 Å². The number of Topliss-reactive ketones (excluding diaryl/α,β-unsaturated/α-hetero) is 1. The van der Waals surface area contributed by atoms with Crippen LogP contribution >= 0.6 is 0 Å². The highest BCUT2D eigenvalue weighted by Crippen LogP contribution is 2.43. The fraction of sp³-hybridized carbons (Fsp3) is 0.407. The minimum atomic E-state index is -0.186. The summed E-state index contributed by atoms with van der Waals surface area (Å²) in [6.07, 6.45) is 4.86. The molecule has 2 aromatic carbocycles. The molecular formula is C27H31N3O2. The maximum atomic E-state index is 13.7. The first kappa shape index (κ1) is 21.0. The Hall–Kier alpha value is -2.92. The summed E-state index contributed by atoms with van der Waals surface area (Å²) in [7, 11) is 0. The molecule has 3 aromatic rings. The first-order valence-corrected chi connectivity index (χ1v) is 11.6. The molecule has 1 N–H and O–H groups in total. The van der Waals surface area contributed by atoms with Crippen LogP contribution in [0.2, 0.25) is 0 Å². The van der Waals surface area contributed by atoms with Crippen molar-refractivity contribution in [2.45, 2.75) is 56.5 Å². The zero-order chi connectivity index (χ0) is 22.2. The number of rotatable bonds is 5. The molecule has 5 rings (SSSR count). The van der Waals surface area contributed by atoms with Gasteiger partial charge >= 0.3 is 0 Å². The average molecular weight is 430 g/mol. The molecule has 2 aliphatic rings. The van der Waals surface area contributed by atoms with Crippen molar-refractivity contribution in [2.75, 3.05) is 18.5 Å². The summed E-state index contributed by atoms with van der Waals surface area (Å²) < 4.78 is 7.66. The van der Waals surface area contributed by atoms with Crippen LogP contribution in [0.15, 0.2) is 66.9 Å². The van der Waals surface area contributed by atoms with Crippen LogP contribution in [-0.4, -0.2) is 28.8 Å². The topological polar surface area (TPSA) is 56.1 Å². The molecule has 0 amide bonds. The molecule has 5 nitrogen and oxygen atoms in total. The summed E-state index contributed by atoms with van der Waals surface area (Å²) in [6, 6.07) is 21.1. The second-order valence-corrected chi connectivity index (χ2v) is 9.80. The standard InChI is InChI=1S/C27H31N3O2/c1-26(2)17-23(20-9-5-3-6-10-20)29-25-22(19-28-30(25)26)24(31)18-27(13-15-32-16-14-27)21-11-7-4-8-12-21/h3-12,19,23,29H,13-18H2,1-2H3. The molecule has 0 saturated carbocycles. The van der Waals surface area contributed by atoms with Gasteiger partial charge in [0.1, 0.15) is 5.82 Å². The summed E-state index contributed by atoms with van der Waals surface area (Å²) in [5.41, 5.74) is 2.79. The number of anilines is 1. The highest BCUT2D eigenvalue weighted by atomic mass is 16.5. The first-order valence-electron chi connectivity index (χ1n) is 11.6. The molecule has 1 unspecified atom stereocenters. The Morgan fingerprint density at radius 3 is 2.41 bits per heavy atom. The number of aromatic nitrogens is 2. The molecule has 2 aliphatic heterocycles. The van der Waals surface area contributed by atoms with Crippen LogP contribution in [0.3, 0.4) is 0 Å². The quantitative estimate of drug-likeness (QED) is 0.545. The third-order valence-corrected chi connectivity index (χ3v) is 7.19. The van der Waals surface area contributed by atoms with Crippen molar-refractivity contribution in [3.8, 4) is 0 Å². The lowest BCUT2D eigenvalue weighted by atomic mass is 9.70. The zero-order valence-corrected chi connectivity index (χ0v) is 18.9. The third-order valence-electron chi connectivity index (χ3n) is 7.19. The van der Waals surface area contributed by atoms with E-state index in [0.29, 0.717) is 25.2 Å². The second kappa shape index (κ2) is 8.21. The van der Waals surface area contributed by atoms with Gasteiger partial charge in [-0.05, 0) is 44.2 Å². The number of carbonyl (C=O) groups is 1. The molecule has 0 bridgehead atoms. The van der Waals surface area contributed by atoms with E-state index in [-0.39, 0.29) is 22.8 Å². The van der Waals surface area contributed by atoms with E-state index < -0.39 is 0 Å². The first-order chi connectivity index (χ1) is 15.5. The molecule has 3 heterocycles. The summed E-state index contributed by atoms with van der Waals surface area (Å²) in [4.78, 5) is 13.7. The van der Waals surface area contributed by atoms with Gasteiger partial charge < -0.3 is 10.1 Å². The van der Waals surface area contributed by atoms with E-state index >= 15 is 0 Å². The normalized spacial score (nSPS) is 21.4. The average Bonchev–Trinajstić information content (AvgIpc) is 3.26. The van der Waals surface area contributed by atoms with Gasteiger partial charge in [-0.15, -0.1) is 0 Å². The van der Waals surface area contributed by atoms with E-state index in [0.717, 1.165) is 25.1 Å². The van der Waals surface area contributed by atoms with Gasteiger partial charge in [-0.1, -0.05) is 60.7 Å². The Morgan fingerprint density at radius 1 is 1.06 bits per heavy atom. The van der Waals surface area contributed by atoms with Crippen molar-refractivity contribution in [1.82, 2.24) is 9.78 Å². The number of nitrogens with zero attached hydrogens (tertiary/aromatic N) is 2. The fourth-order valence-electron chi connectivity index (χ4n) is 5.36. The summed E-state index contributed by atoms with van der Waals surface area (Å²) in [5, 5.41) is 8.30. The van der Waals surface area contributed by atoms with Gasteiger partial charge in [-0.3, -0.25) is 4.79 Å². The van der Waals surface area contributed by atoms with Gasteiger partial charge in [-0.25, -0.2) is 4.68 Å². The number of ether oxygens (including phenoxy) is 1. The summed E-state index contributed by atoms with van der Waals surface area (Å²) in [6.45, 7) is 5.77. The summed E-state index contributed by atoms with van der Waals surface area (Å²) >= 11 is 0. The SMILES string of the molecule is CC1(C)CC(c2ccccc2)Nc2c(C(=O)CC3(c4ccccc4)CCOCC3)cnn21. The van der Waals surface area contributed by atoms with Crippen molar-refractivity contribution in [1.29, 1.82) is 0 Å². The summed E-state index contributed by atoms with van der Waals surface area (Å²) in [5.74, 6) is 0.990. The zero-order valence-electron chi connectivity index (χ0n) is 18.9.